The molecule has 0 spiro atoms. The summed E-state index contributed by atoms with van der Waals surface area (Å²) in [6.45, 7) is 0. The zero-order valence-corrected chi connectivity index (χ0v) is 9.21. The molecule has 1 aliphatic heterocycles. The van der Waals surface area contributed by atoms with E-state index in [9.17, 15) is 0 Å². The van der Waals surface area contributed by atoms with Crippen LogP contribution in [0.5, 0.6) is 0 Å². The standard InChI is InChI=1S/C4Cl6O/c5-1(2(6)7)3(8)4(9,10)11-3. The summed E-state index contributed by atoms with van der Waals surface area (Å²) in [5.41, 5.74) is 0. The van der Waals surface area contributed by atoms with E-state index in [1.165, 1.54) is 0 Å². The summed E-state index contributed by atoms with van der Waals surface area (Å²) in [6, 6.07) is 0. The fraction of sp³-hybridized carbons (Fsp3) is 0.500. The number of hydrogen-bond acceptors (Lipinski definition) is 1. The third kappa shape index (κ3) is 1.71. The molecule has 1 fully saturated rings. The first kappa shape index (κ1) is 10.5. The summed E-state index contributed by atoms with van der Waals surface area (Å²) in [5.74, 6) is 0. The molecule has 0 aromatic rings. The molecule has 7 heteroatoms. The van der Waals surface area contributed by atoms with E-state index in [0.717, 1.165) is 0 Å². The van der Waals surface area contributed by atoms with Gasteiger partial charge >= 0.3 is 0 Å². The van der Waals surface area contributed by atoms with Gasteiger partial charge in [-0.1, -0.05) is 69.6 Å². The monoisotopic (exact) mass is 274 g/mol. The number of hydrogen-bond donors (Lipinski definition) is 0. The molecule has 0 radical (unpaired) electrons. The Labute approximate surface area is 93.1 Å². The van der Waals surface area contributed by atoms with E-state index in [4.69, 9.17) is 69.6 Å². The van der Waals surface area contributed by atoms with Crippen molar-refractivity contribution in [1.82, 2.24) is 0 Å². The molecule has 0 aliphatic carbocycles. The third-order valence-corrected chi connectivity index (χ3v) is 3.59. The Morgan fingerprint density at radius 3 is 1.45 bits per heavy atom. The van der Waals surface area contributed by atoms with E-state index in [0.29, 0.717) is 0 Å². The van der Waals surface area contributed by atoms with Crippen LogP contribution in [0, 0.1) is 0 Å². The minimum Gasteiger partial charge on any atom is -0.309 e. The predicted octanol–water partition coefficient (Wildman–Crippen LogP) is 3.97. The molecule has 1 rings (SSSR count). The molecule has 0 N–H and O–H groups in total. The topological polar surface area (TPSA) is 12.5 Å². The third-order valence-electron chi connectivity index (χ3n) is 1.05. The zero-order chi connectivity index (χ0) is 8.86. The Kier molecular flexibility index (Phi) is 2.85. The van der Waals surface area contributed by atoms with E-state index in [1.807, 2.05) is 0 Å². The second kappa shape index (κ2) is 2.98. The largest absolute Gasteiger partial charge is 0.309 e. The molecule has 1 aliphatic rings. The lowest BCUT2D eigenvalue weighted by atomic mass is 10.4. The van der Waals surface area contributed by atoms with Gasteiger partial charge in [-0.15, -0.1) is 0 Å². The first-order valence-corrected chi connectivity index (χ1v) is 4.56. The van der Waals surface area contributed by atoms with Crippen molar-refractivity contribution in [3.8, 4) is 0 Å². The summed E-state index contributed by atoms with van der Waals surface area (Å²) in [5, 5.41) is -1.61. The van der Waals surface area contributed by atoms with Crippen LogP contribution in [0.2, 0.25) is 0 Å². The van der Waals surface area contributed by atoms with Crippen molar-refractivity contribution in [2.75, 3.05) is 0 Å². The molecular formula is C4Cl6O. The Bertz CT molecular complexity index is 219. The lowest BCUT2D eigenvalue weighted by molar-refractivity contribution is 0.390. The van der Waals surface area contributed by atoms with Crippen molar-refractivity contribution in [3.63, 3.8) is 0 Å². The van der Waals surface area contributed by atoms with Crippen molar-refractivity contribution >= 4 is 69.6 Å². The van der Waals surface area contributed by atoms with Crippen molar-refractivity contribution in [3.05, 3.63) is 9.52 Å². The summed E-state index contributed by atoms with van der Waals surface area (Å²) >= 11 is 32.7. The molecule has 1 unspecified atom stereocenters. The summed E-state index contributed by atoms with van der Waals surface area (Å²) < 4.78 is 2.89. The molecule has 0 saturated carbocycles. The van der Waals surface area contributed by atoms with Crippen LogP contribution in [0.1, 0.15) is 0 Å². The number of epoxide rings is 1. The van der Waals surface area contributed by atoms with Crippen molar-refractivity contribution in [2.24, 2.45) is 0 Å². The second-order valence-electron chi connectivity index (χ2n) is 1.79. The maximum absolute atomic E-state index is 5.64. The maximum atomic E-state index is 5.64. The average Bonchev–Trinajstić information content (AvgIpc) is 2.32. The number of ether oxygens (including phenoxy) is 1. The van der Waals surface area contributed by atoms with E-state index in [-0.39, 0.29) is 9.52 Å². The van der Waals surface area contributed by atoms with Gasteiger partial charge in [-0.2, -0.15) is 0 Å². The molecule has 11 heavy (non-hydrogen) atoms. The van der Waals surface area contributed by atoms with E-state index >= 15 is 0 Å². The van der Waals surface area contributed by atoms with E-state index in [2.05, 4.69) is 4.74 Å². The van der Waals surface area contributed by atoms with Crippen LogP contribution in [0.4, 0.5) is 0 Å². The Morgan fingerprint density at radius 2 is 1.36 bits per heavy atom. The van der Waals surface area contributed by atoms with E-state index in [1.54, 1.807) is 0 Å². The van der Waals surface area contributed by atoms with Crippen LogP contribution in [-0.4, -0.2) is 9.58 Å². The molecule has 0 amide bonds. The van der Waals surface area contributed by atoms with Crippen LogP contribution in [0.15, 0.2) is 9.52 Å². The average molecular weight is 277 g/mol. The van der Waals surface area contributed by atoms with Gasteiger partial charge in [-0.3, -0.25) is 0 Å². The molecule has 0 aromatic heterocycles. The lowest BCUT2D eigenvalue weighted by Crippen LogP contribution is -2.09. The van der Waals surface area contributed by atoms with Gasteiger partial charge in [0.2, 0.25) is 5.06 Å². The molecule has 1 atom stereocenters. The Balaban J connectivity index is 2.89. The molecule has 0 bridgehead atoms. The minimum absolute atomic E-state index is 0.118. The van der Waals surface area contributed by atoms with Gasteiger partial charge in [0.15, 0.2) is 0 Å². The zero-order valence-electron chi connectivity index (χ0n) is 4.68. The second-order valence-corrected chi connectivity index (χ2v) is 4.91. The summed E-state index contributed by atoms with van der Waals surface area (Å²) in [4.78, 5) is 0. The highest BCUT2D eigenvalue weighted by Gasteiger charge is 2.71. The van der Waals surface area contributed by atoms with Crippen LogP contribution in [0.3, 0.4) is 0 Å². The Morgan fingerprint density at radius 1 is 1.00 bits per heavy atom. The van der Waals surface area contributed by atoms with Gasteiger partial charge in [0.05, 0.1) is 0 Å². The Hall–Kier alpha value is 1.44. The smallest absolute Gasteiger partial charge is 0.269 e. The first-order chi connectivity index (χ1) is 4.81. The van der Waals surface area contributed by atoms with Gasteiger partial charge in [-0.25, -0.2) is 0 Å². The normalized spacial score (nSPS) is 33.3. The van der Waals surface area contributed by atoms with Gasteiger partial charge < -0.3 is 4.74 Å². The summed E-state index contributed by atoms with van der Waals surface area (Å²) in [6.07, 6.45) is 0. The van der Waals surface area contributed by atoms with Crippen molar-refractivity contribution in [1.29, 1.82) is 0 Å². The first-order valence-electron chi connectivity index (χ1n) is 2.29. The quantitative estimate of drug-likeness (QED) is 0.521. The fourth-order valence-electron chi connectivity index (χ4n) is 0.445. The molecule has 0 aromatic carbocycles. The van der Waals surface area contributed by atoms with Crippen LogP contribution >= 0.6 is 69.6 Å². The van der Waals surface area contributed by atoms with Crippen LogP contribution in [0.25, 0.3) is 0 Å². The maximum Gasteiger partial charge on any atom is 0.269 e. The lowest BCUT2D eigenvalue weighted by Gasteiger charge is -2.01. The SMILES string of the molecule is ClC(Cl)=C(Cl)C1(Cl)OC1(Cl)Cl. The summed E-state index contributed by atoms with van der Waals surface area (Å²) in [7, 11) is 0. The molecule has 64 valence electrons. The molecule has 1 heterocycles. The van der Waals surface area contributed by atoms with Crippen molar-refractivity contribution in [2.45, 2.75) is 9.58 Å². The van der Waals surface area contributed by atoms with E-state index < -0.39 is 9.58 Å². The van der Waals surface area contributed by atoms with Gasteiger partial charge in [0.1, 0.15) is 9.52 Å². The highest BCUT2D eigenvalue weighted by atomic mass is 35.5. The number of alkyl halides is 3. The highest BCUT2D eigenvalue weighted by molar-refractivity contribution is 6.63. The highest BCUT2D eigenvalue weighted by Crippen LogP contribution is 2.63. The van der Waals surface area contributed by atoms with Gasteiger partial charge in [-0.05, 0) is 0 Å². The van der Waals surface area contributed by atoms with Crippen LogP contribution < -0.4 is 0 Å². The molecular weight excluding hydrogens is 277 g/mol. The minimum atomic E-state index is -1.54. The van der Waals surface area contributed by atoms with Crippen LogP contribution in [-0.2, 0) is 4.74 Å². The predicted molar refractivity (Wildman–Crippen MR) is 48.7 cm³/mol. The van der Waals surface area contributed by atoms with Crippen molar-refractivity contribution < 1.29 is 4.74 Å². The van der Waals surface area contributed by atoms with Gasteiger partial charge in [0.25, 0.3) is 4.52 Å². The number of rotatable bonds is 1. The molecule has 1 saturated heterocycles. The van der Waals surface area contributed by atoms with Gasteiger partial charge in [0, 0.05) is 0 Å². The number of halogens is 6. The fourth-order valence-corrected chi connectivity index (χ4v) is 1.79. The molecule has 1 nitrogen and oxygen atoms in total.